The molecule has 2 aromatic carbocycles. The van der Waals surface area contributed by atoms with Crippen LogP contribution in [0.3, 0.4) is 0 Å². The van der Waals surface area contributed by atoms with Crippen molar-refractivity contribution in [1.82, 2.24) is 5.32 Å². The highest BCUT2D eigenvalue weighted by molar-refractivity contribution is 6.17. The summed E-state index contributed by atoms with van der Waals surface area (Å²) in [5.74, 6) is 1.20. The van der Waals surface area contributed by atoms with Crippen LogP contribution in [0.1, 0.15) is 16.7 Å². The van der Waals surface area contributed by atoms with Gasteiger partial charge in [0.1, 0.15) is 5.75 Å². The lowest BCUT2D eigenvalue weighted by atomic mass is 10.1. The van der Waals surface area contributed by atoms with Crippen LogP contribution >= 0.6 is 11.6 Å². The van der Waals surface area contributed by atoms with E-state index < -0.39 is 6.10 Å². The lowest BCUT2D eigenvalue weighted by Crippen LogP contribution is -2.37. The van der Waals surface area contributed by atoms with Gasteiger partial charge in [0.2, 0.25) is 0 Å². The molecule has 0 fully saturated rings. The molecule has 1 aliphatic rings. The van der Waals surface area contributed by atoms with E-state index in [1.807, 2.05) is 48.5 Å². The second kappa shape index (κ2) is 6.19. The summed E-state index contributed by atoms with van der Waals surface area (Å²) in [4.78, 5) is 12.2. The summed E-state index contributed by atoms with van der Waals surface area (Å²) in [7, 11) is 0. The zero-order valence-electron chi connectivity index (χ0n) is 11.5. The van der Waals surface area contributed by atoms with Gasteiger partial charge in [-0.2, -0.15) is 0 Å². The lowest BCUT2D eigenvalue weighted by Gasteiger charge is -2.11. The third-order valence-electron chi connectivity index (χ3n) is 3.55. The number of benzene rings is 2. The smallest absolute Gasteiger partial charge is 0.261 e. The molecular formula is C17H16ClNO2. The summed E-state index contributed by atoms with van der Waals surface area (Å²) in [5.41, 5.74) is 3.17. The summed E-state index contributed by atoms with van der Waals surface area (Å²) >= 11 is 5.81. The number of ether oxygens (including phenoxy) is 1. The lowest BCUT2D eigenvalue weighted by molar-refractivity contribution is -0.127. The molecule has 108 valence electrons. The second-order valence-corrected chi connectivity index (χ2v) is 5.36. The van der Waals surface area contributed by atoms with Crippen molar-refractivity contribution in [2.75, 3.05) is 0 Å². The van der Waals surface area contributed by atoms with Gasteiger partial charge in [-0.3, -0.25) is 4.79 Å². The third kappa shape index (κ3) is 3.19. The minimum absolute atomic E-state index is 0.0810. The maximum atomic E-state index is 12.2. The predicted molar refractivity (Wildman–Crippen MR) is 82.4 cm³/mol. The Morgan fingerprint density at radius 2 is 2.00 bits per heavy atom. The Balaban J connectivity index is 1.58. The molecule has 0 aromatic heterocycles. The number of amides is 1. The molecule has 1 N–H and O–H groups in total. The molecule has 1 atom stereocenters. The van der Waals surface area contributed by atoms with Gasteiger partial charge < -0.3 is 10.1 Å². The molecule has 0 radical (unpaired) electrons. The van der Waals surface area contributed by atoms with Crippen LogP contribution in [0.25, 0.3) is 0 Å². The van der Waals surface area contributed by atoms with Gasteiger partial charge in [0.15, 0.2) is 6.10 Å². The fraction of sp³-hybridized carbons (Fsp3) is 0.235. The molecule has 0 bridgehead atoms. The first-order chi connectivity index (χ1) is 10.3. The van der Waals surface area contributed by atoms with Gasteiger partial charge in [-0.1, -0.05) is 42.5 Å². The van der Waals surface area contributed by atoms with E-state index in [-0.39, 0.29) is 5.91 Å². The molecule has 3 nitrogen and oxygen atoms in total. The first-order valence-electron chi connectivity index (χ1n) is 6.92. The third-order valence-corrected chi connectivity index (χ3v) is 3.86. The number of carbonyl (C=O) groups excluding carboxylic acids is 1. The van der Waals surface area contributed by atoms with Crippen LogP contribution in [0.4, 0.5) is 0 Å². The summed E-state index contributed by atoms with van der Waals surface area (Å²) in [6.45, 7) is 0.486. The molecular weight excluding hydrogens is 286 g/mol. The van der Waals surface area contributed by atoms with E-state index in [1.54, 1.807) is 0 Å². The van der Waals surface area contributed by atoms with E-state index in [4.69, 9.17) is 16.3 Å². The Bertz CT molecular complexity index is 632. The van der Waals surface area contributed by atoms with Crippen LogP contribution in [-0.4, -0.2) is 12.0 Å². The van der Waals surface area contributed by atoms with Gasteiger partial charge >= 0.3 is 0 Å². The number of para-hydroxylation sites is 1. The van der Waals surface area contributed by atoms with Crippen molar-refractivity contribution in [1.29, 1.82) is 0 Å². The van der Waals surface area contributed by atoms with Crippen molar-refractivity contribution >= 4 is 17.5 Å². The highest BCUT2D eigenvalue weighted by Gasteiger charge is 2.28. The maximum absolute atomic E-state index is 12.2. The monoisotopic (exact) mass is 301 g/mol. The quantitative estimate of drug-likeness (QED) is 0.882. The highest BCUT2D eigenvalue weighted by Crippen LogP contribution is 2.28. The van der Waals surface area contributed by atoms with Crippen LogP contribution < -0.4 is 10.1 Å². The van der Waals surface area contributed by atoms with E-state index in [0.29, 0.717) is 18.8 Å². The second-order valence-electron chi connectivity index (χ2n) is 5.09. The Hall–Kier alpha value is -2.00. The van der Waals surface area contributed by atoms with Gasteiger partial charge in [-0.05, 0) is 22.8 Å². The van der Waals surface area contributed by atoms with E-state index in [0.717, 1.165) is 22.4 Å². The Labute approximate surface area is 128 Å². The van der Waals surface area contributed by atoms with Gasteiger partial charge in [-0.25, -0.2) is 0 Å². The highest BCUT2D eigenvalue weighted by atomic mass is 35.5. The fourth-order valence-corrected chi connectivity index (χ4v) is 2.62. The number of hydrogen-bond donors (Lipinski definition) is 1. The molecule has 1 amide bonds. The number of fused-ring (bicyclic) bond motifs is 1. The molecule has 0 saturated carbocycles. The summed E-state index contributed by atoms with van der Waals surface area (Å²) in [6.07, 6.45) is 0.197. The molecule has 0 aliphatic carbocycles. The molecule has 4 heteroatoms. The number of rotatable bonds is 4. The molecule has 2 aromatic rings. The normalized spacial score (nSPS) is 16.1. The van der Waals surface area contributed by atoms with E-state index in [9.17, 15) is 4.79 Å². The summed E-state index contributed by atoms with van der Waals surface area (Å²) in [5, 5.41) is 2.92. The Morgan fingerprint density at radius 3 is 2.81 bits per heavy atom. The summed E-state index contributed by atoms with van der Waals surface area (Å²) < 4.78 is 5.67. The first-order valence-corrected chi connectivity index (χ1v) is 7.46. The minimum Gasteiger partial charge on any atom is -0.480 e. The molecule has 1 unspecified atom stereocenters. The molecule has 3 rings (SSSR count). The van der Waals surface area contributed by atoms with Crippen molar-refractivity contribution in [3.05, 3.63) is 65.2 Å². The minimum atomic E-state index is -0.432. The van der Waals surface area contributed by atoms with Crippen molar-refractivity contribution in [3.63, 3.8) is 0 Å². The Kier molecular flexibility index (Phi) is 4.11. The molecule has 1 heterocycles. The van der Waals surface area contributed by atoms with Crippen LogP contribution in [-0.2, 0) is 23.6 Å². The van der Waals surface area contributed by atoms with Gasteiger partial charge in [-0.15, -0.1) is 11.6 Å². The molecule has 0 spiro atoms. The van der Waals surface area contributed by atoms with Gasteiger partial charge in [0.05, 0.1) is 0 Å². The van der Waals surface area contributed by atoms with Gasteiger partial charge in [0.25, 0.3) is 5.91 Å². The van der Waals surface area contributed by atoms with E-state index in [1.165, 1.54) is 0 Å². The predicted octanol–water partition coefficient (Wildman–Crippen LogP) is 3.05. The Morgan fingerprint density at radius 1 is 1.19 bits per heavy atom. The van der Waals surface area contributed by atoms with Gasteiger partial charge in [0, 0.05) is 18.8 Å². The van der Waals surface area contributed by atoms with Crippen LogP contribution in [0.2, 0.25) is 0 Å². The van der Waals surface area contributed by atoms with Crippen molar-refractivity contribution in [3.8, 4) is 5.75 Å². The van der Waals surface area contributed by atoms with Crippen LogP contribution in [0, 0.1) is 0 Å². The number of hydrogen-bond acceptors (Lipinski definition) is 2. The molecule has 21 heavy (non-hydrogen) atoms. The number of nitrogens with one attached hydrogen (secondary N) is 1. The average molecular weight is 302 g/mol. The van der Waals surface area contributed by atoms with E-state index >= 15 is 0 Å². The SMILES string of the molecule is O=C(NCc1cccc(CCl)c1)C1Cc2ccccc2O1. The van der Waals surface area contributed by atoms with Crippen molar-refractivity contribution in [2.45, 2.75) is 24.9 Å². The van der Waals surface area contributed by atoms with Crippen molar-refractivity contribution in [2.24, 2.45) is 0 Å². The van der Waals surface area contributed by atoms with Crippen molar-refractivity contribution < 1.29 is 9.53 Å². The first kappa shape index (κ1) is 14.0. The average Bonchev–Trinajstić information content (AvgIpc) is 2.97. The molecule has 1 aliphatic heterocycles. The zero-order valence-corrected chi connectivity index (χ0v) is 12.3. The fourth-order valence-electron chi connectivity index (χ4n) is 2.45. The van der Waals surface area contributed by atoms with Crippen LogP contribution in [0.15, 0.2) is 48.5 Å². The van der Waals surface area contributed by atoms with Crippen LogP contribution in [0.5, 0.6) is 5.75 Å². The molecule has 0 saturated heterocycles. The number of alkyl halides is 1. The summed E-state index contributed by atoms with van der Waals surface area (Å²) in [6, 6.07) is 15.6. The maximum Gasteiger partial charge on any atom is 0.261 e. The standard InChI is InChI=1S/C17H16ClNO2/c18-10-12-4-3-5-13(8-12)11-19-17(20)16-9-14-6-1-2-7-15(14)21-16/h1-8,16H,9-11H2,(H,19,20). The number of carbonyl (C=O) groups is 1. The topological polar surface area (TPSA) is 38.3 Å². The zero-order chi connectivity index (χ0) is 14.7. The van der Waals surface area contributed by atoms with E-state index in [2.05, 4.69) is 5.32 Å². The largest absolute Gasteiger partial charge is 0.480 e. The number of halogens is 1.